The molecule has 0 spiro atoms. The first-order valence-electron chi connectivity index (χ1n) is 6.32. The Balaban J connectivity index is 2.43. The van der Waals surface area contributed by atoms with Crippen molar-refractivity contribution in [1.82, 2.24) is 5.32 Å². The summed E-state index contributed by atoms with van der Waals surface area (Å²) in [5.41, 5.74) is 0.189. The summed E-state index contributed by atoms with van der Waals surface area (Å²) in [6.07, 6.45) is 1.77. The Morgan fingerprint density at radius 1 is 1.21 bits per heavy atom. The largest absolute Gasteiger partial charge is 0.484 e. The molecule has 0 aromatic heterocycles. The van der Waals surface area contributed by atoms with E-state index >= 15 is 0 Å². The molecule has 1 aromatic rings. The van der Waals surface area contributed by atoms with Gasteiger partial charge >= 0.3 is 5.97 Å². The number of carbonyl (C=O) groups excluding carboxylic acids is 1. The Bertz CT molecular complexity index is 424. The van der Waals surface area contributed by atoms with E-state index in [2.05, 4.69) is 5.32 Å². The maximum absolute atomic E-state index is 11.6. The first-order chi connectivity index (χ1) is 9.06. The minimum Gasteiger partial charge on any atom is -0.484 e. The molecule has 0 atom stereocenters. The molecule has 0 saturated heterocycles. The van der Waals surface area contributed by atoms with Gasteiger partial charge in [0.05, 0.1) is 5.56 Å². The molecule has 5 heteroatoms. The van der Waals surface area contributed by atoms with E-state index in [-0.39, 0.29) is 24.1 Å². The van der Waals surface area contributed by atoms with Crippen molar-refractivity contribution in [3.05, 3.63) is 29.8 Å². The second-order valence-corrected chi connectivity index (χ2v) is 4.20. The smallest absolute Gasteiger partial charge is 0.335 e. The average molecular weight is 265 g/mol. The Morgan fingerprint density at radius 3 is 2.26 bits per heavy atom. The molecule has 0 fully saturated rings. The topological polar surface area (TPSA) is 75.6 Å². The molecule has 0 saturated carbocycles. The second-order valence-electron chi connectivity index (χ2n) is 4.20. The van der Waals surface area contributed by atoms with Crippen LogP contribution in [0.15, 0.2) is 24.3 Å². The van der Waals surface area contributed by atoms with Crippen molar-refractivity contribution in [2.45, 2.75) is 32.7 Å². The maximum atomic E-state index is 11.6. The van der Waals surface area contributed by atoms with Crippen LogP contribution in [0.25, 0.3) is 0 Å². The van der Waals surface area contributed by atoms with Gasteiger partial charge in [0.1, 0.15) is 5.75 Å². The van der Waals surface area contributed by atoms with E-state index in [0.29, 0.717) is 5.75 Å². The van der Waals surface area contributed by atoms with Crippen LogP contribution in [0.3, 0.4) is 0 Å². The first-order valence-corrected chi connectivity index (χ1v) is 6.32. The van der Waals surface area contributed by atoms with E-state index in [4.69, 9.17) is 9.84 Å². The summed E-state index contributed by atoms with van der Waals surface area (Å²) in [5, 5.41) is 11.6. The molecule has 0 aliphatic heterocycles. The molecular weight excluding hydrogens is 246 g/mol. The minimum atomic E-state index is -0.988. The van der Waals surface area contributed by atoms with E-state index in [1.807, 2.05) is 13.8 Å². The zero-order chi connectivity index (χ0) is 14.3. The van der Waals surface area contributed by atoms with E-state index in [1.54, 1.807) is 0 Å². The molecule has 0 bridgehead atoms. The van der Waals surface area contributed by atoms with Gasteiger partial charge in [-0.25, -0.2) is 4.79 Å². The number of benzene rings is 1. The number of carboxylic acids is 1. The zero-order valence-corrected chi connectivity index (χ0v) is 11.2. The van der Waals surface area contributed by atoms with Crippen molar-refractivity contribution in [2.24, 2.45) is 0 Å². The third-order valence-corrected chi connectivity index (χ3v) is 2.82. The predicted molar refractivity (Wildman–Crippen MR) is 71.4 cm³/mol. The molecule has 2 N–H and O–H groups in total. The van der Waals surface area contributed by atoms with Crippen molar-refractivity contribution in [3.8, 4) is 5.75 Å². The molecule has 0 heterocycles. The standard InChI is InChI=1S/C14H19NO4/c1-3-11(4-2)15-13(16)9-19-12-7-5-10(6-8-12)14(17)18/h5-8,11H,3-4,9H2,1-2H3,(H,15,16)(H,17,18). The minimum absolute atomic E-state index is 0.0665. The van der Waals surface area contributed by atoms with Crippen molar-refractivity contribution in [2.75, 3.05) is 6.61 Å². The second kappa shape index (κ2) is 7.41. The molecule has 19 heavy (non-hydrogen) atoms. The van der Waals surface area contributed by atoms with Gasteiger partial charge in [-0.15, -0.1) is 0 Å². The van der Waals surface area contributed by atoms with Gasteiger partial charge in [0.25, 0.3) is 5.91 Å². The highest BCUT2D eigenvalue weighted by Gasteiger charge is 2.09. The van der Waals surface area contributed by atoms with E-state index < -0.39 is 5.97 Å². The molecule has 0 radical (unpaired) electrons. The monoisotopic (exact) mass is 265 g/mol. The van der Waals surface area contributed by atoms with Crippen LogP contribution in [0.4, 0.5) is 0 Å². The SMILES string of the molecule is CCC(CC)NC(=O)COc1ccc(C(=O)O)cc1. The highest BCUT2D eigenvalue weighted by Crippen LogP contribution is 2.12. The lowest BCUT2D eigenvalue weighted by atomic mass is 10.2. The number of carbonyl (C=O) groups is 2. The van der Waals surface area contributed by atoms with Crippen molar-refractivity contribution < 1.29 is 19.4 Å². The summed E-state index contributed by atoms with van der Waals surface area (Å²) >= 11 is 0. The van der Waals surface area contributed by atoms with Crippen molar-refractivity contribution in [1.29, 1.82) is 0 Å². The molecule has 1 amide bonds. The number of nitrogens with one attached hydrogen (secondary N) is 1. The van der Waals surface area contributed by atoms with Crippen LogP contribution in [0, 0.1) is 0 Å². The summed E-state index contributed by atoms with van der Waals surface area (Å²) in [5.74, 6) is -0.682. The summed E-state index contributed by atoms with van der Waals surface area (Å²) in [7, 11) is 0. The number of hydrogen-bond acceptors (Lipinski definition) is 3. The van der Waals surface area contributed by atoms with Gasteiger partial charge < -0.3 is 15.2 Å². The summed E-state index contributed by atoms with van der Waals surface area (Å²) in [4.78, 5) is 22.3. The van der Waals surface area contributed by atoms with Gasteiger partial charge in [-0.1, -0.05) is 13.8 Å². The molecule has 5 nitrogen and oxygen atoms in total. The fourth-order valence-electron chi connectivity index (χ4n) is 1.60. The normalized spacial score (nSPS) is 10.3. The van der Waals surface area contributed by atoms with Crippen LogP contribution < -0.4 is 10.1 Å². The van der Waals surface area contributed by atoms with Gasteiger partial charge in [0.15, 0.2) is 6.61 Å². The molecule has 0 unspecified atom stereocenters. The number of hydrogen-bond donors (Lipinski definition) is 2. The fraction of sp³-hybridized carbons (Fsp3) is 0.429. The third kappa shape index (κ3) is 4.99. The number of ether oxygens (including phenoxy) is 1. The van der Waals surface area contributed by atoms with Crippen molar-refractivity contribution in [3.63, 3.8) is 0 Å². The zero-order valence-electron chi connectivity index (χ0n) is 11.2. The van der Waals surface area contributed by atoms with Crippen LogP contribution >= 0.6 is 0 Å². The fourth-order valence-corrected chi connectivity index (χ4v) is 1.60. The van der Waals surface area contributed by atoms with Crippen LogP contribution in [0.1, 0.15) is 37.0 Å². The van der Waals surface area contributed by atoms with E-state index in [1.165, 1.54) is 24.3 Å². The first kappa shape index (κ1) is 15.0. The van der Waals surface area contributed by atoms with Crippen molar-refractivity contribution >= 4 is 11.9 Å². The Hall–Kier alpha value is -2.04. The summed E-state index contributed by atoms with van der Waals surface area (Å²) < 4.78 is 5.29. The molecular formula is C14H19NO4. The van der Waals surface area contributed by atoms with Crippen LogP contribution in [-0.2, 0) is 4.79 Å². The highest BCUT2D eigenvalue weighted by atomic mass is 16.5. The molecule has 1 aromatic carbocycles. The van der Waals surface area contributed by atoms with Crippen LogP contribution in [0.5, 0.6) is 5.75 Å². The lowest BCUT2D eigenvalue weighted by Crippen LogP contribution is -2.37. The highest BCUT2D eigenvalue weighted by molar-refractivity contribution is 5.87. The molecule has 104 valence electrons. The van der Waals surface area contributed by atoms with Gasteiger partial charge in [0.2, 0.25) is 0 Å². The van der Waals surface area contributed by atoms with Gasteiger partial charge in [0, 0.05) is 6.04 Å². The Kier molecular flexibility index (Phi) is 5.85. The molecule has 0 aliphatic carbocycles. The van der Waals surface area contributed by atoms with Gasteiger partial charge in [-0.05, 0) is 37.1 Å². The van der Waals surface area contributed by atoms with E-state index in [9.17, 15) is 9.59 Å². The van der Waals surface area contributed by atoms with Crippen LogP contribution in [-0.4, -0.2) is 29.6 Å². The number of amides is 1. The molecule has 0 aliphatic rings. The number of aromatic carboxylic acids is 1. The Labute approximate surface area is 112 Å². The summed E-state index contributed by atoms with van der Waals surface area (Å²) in [6.45, 7) is 3.96. The third-order valence-electron chi connectivity index (χ3n) is 2.82. The lowest BCUT2D eigenvalue weighted by molar-refractivity contribution is -0.123. The quantitative estimate of drug-likeness (QED) is 0.791. The van der Waals surface area contributed by atoms with E-state index in [0.717, 1.165) is 12.8 Å². The average Bonchev–Trinajstić information content (AvgIpc) is 2.43. The maximum Gasteiger partial charge on any atom is 0.335 e. The lowest BCUT2D eigenvalue weighted by Gasteiger charge is -2.14. The van der Waals surface area contributed by atoms with Gasteiger partial charge in [-0.3, -0.25) is 4.79 Å². The molecule has 1 rings (SSSR count). The summed E-state index contributed by atoms with van der Waals surface area (Å²) in [6, 6.07) is 6.12. The van der Waals surface area contributed by atoms with Crippen LogP contribution in [0.2, 0.25) is 0 Å². The Morgan fingerprint density at radius 2 is 1.79 bits per heavy atom. The predicted octanol–water partition coefficient (Wildman–Crippen LogP) is 2.07. The number of carboxylic acid groups (broad SMARTS) is 1. The van der Waals surface area contributed by atoms with Gasteiger partial charge in [-0.2, -0.15) is 0 Å². The number of rotatable bonds is 7.